The predicted molar refractivity (Wildman–Crippen MR) is 91.0 cm³/mol. The second kappa shape index (κ2) is 7.56. The van der Waals surface area contributed by atoms with E-state index in [2.05, 4.69) is 0 Å². The normalized spacial score (nSPS) is 15.5. The molecule has 0 N–H and O–H groups in total. The maximum Gasteiger partial charge on any atom is 0.356 e. The first-order valence-electron chi connectivity index (χ1n) is 7.67. The zero-order valence-corrected chi connectivity index (χ0v) is 13.8. The van der Waals surface area contributed by atoms with Crippen molar-refractivity contribution in [1.82, 2.24) is 0 Å². The Kier molecular flexibility index (Phi) is 5.02. The summed E-state index contributed by atoms with van der Waals surface area (Å²) >= 11 is 0. The number of carbonyl (C=O) groups is 1. The van der Waals surface area contributed by atoms with E-state index >= 15 is 0 Å². The summed E-state index contributed by atoms with van der Waals surface area (Å²) in [4.78, 5) is 22.2. The quantitative estimate of drug-likeness (QED) is 0.351. The first kappa shape index (κ1) is 17.3. The fraction of sp³-hybridized carbons (Fsp3) is 0.167. The van der Waals surface area contributed by atoms with Crippen LogP contribution in [0.2, 0.25) is 0 Å². The molecule has 0 aliphatic carbocycles. The van der Waals surface area contributed by atoms with E-state index in [0.29, 0.717) is 17.1 Å². The van der Waals surface area contributed by atoms with Crippen molar-refractivity contribution in [3.05, 3.63) is 64.3 Å². The third kappa shape index (κ3) is 3.92. The molecular weight excluding hydrogens is 342 g/mol. The van der Waals surface area contributed by atoms with E-state index in [9.17, 15) is 14.9 Å². The van der Waals surface area contributed by atoms with Gasteiger partial charge in [0.2, 0.25) is 12.3 Å². The summed E-state index contributed by atoms with van der Waals surface area (Å²) in [5, 5.41) is 10.4. The Hall–Kier alpha value is -3.55. The molecule has 3 rings (SSSR count). The molecule has 2 aromatic carbocycles. The Morgan fingerprint density at radius 3 is 2.73 bits per heavy atom. The highest BCUT2D eigenvalue weighted by molar-refractivity contribution is 5.79. The SMILES string of the molecule is COc1cc(C=C[N+](=O)[O-])ccc1OC(=O)C1COc2ccccc2O1. The minimum Gasteiger partial charge on any atom is -0.493 e. The van der Waals surface area contributed by atoms with Crippen LogP contribution in [0.15, 0.2) is 48.7 Å². The van der Waals surface area contributed by atoms with Crippen LogP contribution in [0.1, 0.15) is 5.56 Å². The number of fused-ring (bicyclic) bond motifs is 1. The number of nitrogens with zero attached hydrogens (tertiary/aromatic N) is 1. The lowest BCUT2D eigenvalue weighted by Crippen LogP contribution is -2.39. The lowest BCUT2D eigenvalue weighted by molar-refractivity contribution is -0.400. The summed E-state index contributed by atoms with van der Waals surface area (Å²) in [7, 11) is 1.41. The van der Waals surface area contributed by atoms with Gasteiger partial charge in [0.1, 0.15) is 6.61 Å². The molecule has 8 heteroatoms. The number of nitro groups is 1. The number of esters is 1. The molecule has 0 saturated carbocycles. The first-order valence-corrected chi connectivity index (χ1v) is 7.67. The standard InChI is InChI=1S/C18H15NO7/c1-23-16-10-12(8-9-19(21)22)6-7-15(16)26-18(20)17-11-24-13-4-2-3-5-14(13)25-17/h2-10,17H,11H2,1H3. The zero-order valence-electron chi connectivity index (χ0n) is 13.8. The van der Waals surface area contributed by atoms with Gasteiger partial charge in [0, 0.05) is 6.08 Å². The fourth-order valence-electron chi connectivity index (χ4n) is 2.33. The Bertz CT molecular complexity index is 862. The van der Waals surface area contributed by atoms with Crippen LogP contribution in [0, 0.1) is 10.1 Å². The zero-order chi connectivity index (χ0) is 18.5. The van der Waals surface area contributed by atoms with Crippen molar-refractivity contribution in [2.75, 3.05) is 13.7 Å². The predicted octanol–water partition coefficient (Wildman–Crippen LogP) is 2.69. The lowest BCUT2D eigenvalue weighted by Gasteiger charge is -2.25. The van der Waals surface area contributed by atoms with E-state index < -0.39 is 17.0 Å². The molecule has 26 heavy (non-hydrogen) atoms. The molecule has 1 aliphatic heterocycles. The Balaban J connectivity index is 1.72. The summed E-state index contributed by atoms with van der Waals surface area (Å²) in [6, 6.07) is 11.6. The summed E-state index contributed by atoms with van der Waals surface area (Å²) in [5.74, 6) is 0.842. The topological polar surface area (TPSA) is 97.1 Å². The number of hydrogen-bond acceptors (Lipinski definition) is 7. The number of rotatable bonds is 5. The average Bonchev–Trinajstić information content (AvgIpc) is 2.66. The monoisotopic (exact) mass is 357 g/mol. The minimum atomic E-state index is -0.913. The molecule has 0 saturated heterocycles. The molecule has 0 amide bonds. The highest BCUT2D eigenvalue weighted by Gasteiger charge is 2.29. The van der Waals surface area contributed by atoms with Crippen LogP contribution in [0.5, 0.6) is 23.0 Å². The van der Waals surface area contributed by atoms with Crippen LogP contribution < -0.4 is 18.9 Å². The second-order valence-electron chi connectivity index (χ2n) is 5.30. The fourth-order valence-corrected chi connectivity index (χ4v) is 2.33. The third-order valence-corrected chi connectivity index (χ3v) is 3.56. The maximum atomic E-state index is 12.4. The molecule has 0 spiro atoms. The van der Waals surface area contributed by atoms with Crippen molar-refractivity contribution in [2.24, 2.45) is 0 Å². The summed E-state index contributed by atoms with van der Waals surface area (Å²) in [5.41, 5.74) is 0.532. The molecule has 134 valence electrons. The van der Waals surface area contributed by atoms with E-state index in [4.69, 9.17) is 18.9 Å². The molecule has 2 aromatic rings. The van der Waals surface area contributed by atoms with Crippen molar-refractivity contribution in [3.63, 3.8) is 0 Å². The van der Waals surface area contributed by atoms with E-state index in [0.717, 1.165) is 6.20 Å². The van der Waals surface area contributed by atoms with Crippen molar-refractivity contribution < 1.29 is 28.7 Å². The van der Waals surface area contributed by atoms with Gasteiger partial charge in [0.05, 0.1) is 12.0 Å². The van der Waals surface area contributed by atoms with Crippen LogP contribution in [-0.4, -0.2) is 30.7 Å². The Morgan fingerprint density at radius 2 is 2.00 bits per heavy atom. The van der Waals surface area contributed by atoms with E-state index in [1.54, 1.807) is 30.3 Å². The maximum absolute atomic E-state index is 12.4. The van der Waals surface area contributed by atoms with Gasteiger partial charge in [-0.3, -0.25) is 10.1 Å². The van der Waals surface area contributed by atoms with Crippen LogP contribution >= 0.6 is 0 Å². The van der Waals surface area contributed by atoms with Gasteiger partial charge in [-0.05, 0) is 29.8 Å². The summed E-state index contributed by atoms with van der Waals surface area (Å²) in [6.07, 6.45) is 1.21. The molecule has 1 atom stereocenters. The Labute approximate surface area is 148 Å². The molecule has 1 unspecified atom stereocenters. The minimum absolute atomic E-state index is 0.0296. The average molecular weight is 357 g/mol. The lowest BCUT2D eigenvalue weighted by atomic mass is 10.2. The number of benzene rings is 2. The van der Waals surface area contributed by atoms with Crippen molar-refractivity contribution in [1.29, 1.82) is 0 Å². The first-order chi connectivity index (χ1) is 12.6. The largest absolute Gasteiger partial charge is 0.493 e. The van der Waals surface area contributed by atoms with Crippen LogP contribution in [-0.2, 0) is 4.79 Å². The van der Waals surface area contributed by atoms with Crippen molar-refractivity contribution in [3.8, 4) is 23.0 Å². The van der Waals surface area contributed by atoms with Gasteiger partial charge < -0.3 is 18.9 Å². The van der Waals surface area contributed by atoms with Crippen LogP contribution in [0.25, 0.3) is 6.08 Å². The van der Waals surface area contributed by atoms with Gasteiger partial charge in [0.25, 0.3) is 0 Å². The number of methoxy groups -OCH3 is 1. The van der Waals surface area contributed by atoms with Gasteiger partial charge >= 0.3 is 5.97 Å². The van der Waals surface area contributed by atoms with Gasteiger partial charge in [-0.2, -0.15) is 0 Å². The van der Waals surface area contributed by atoms with Crippen molar-refractivity contribution in [2.45, 2.75) is 6.10 Å². The van der Waals surface area contributed by atoms with Gasteiger partial charge in [0.15, 0.2) is 23.0 Å². The van der Waals surface area contributed by atoms with E-state index in [1.807, 2.05) is 0 Å². The second-order valence-corrected chi connectivity index (χ2v) is 5.30. The molecule has 0 radical (unpaired) electrons. The van der Waals surface area contributed by atoms with E-state index in [1.165, 1.54) is 25.3 Å². The van der Waals surface area contributed by atoms with Gasteiger partial charge in [-0.1, -0.05) is 18.2 Å². The van der Waals surface area contributed by atoms with Gasteiger partial charge in [-0.15, -0.1) is 0 Å². The molecule has 8 nitrogen and oxygen atoms in total. The molecule has 1 heterocycles. The molecule has 0 bridgehead atoms. The molecule has 0 fully saturated rings. The van der Waals surface area contributed by atoms with Gasteiger partial charge in [-0.25, -0.2) is 4.79 Å². The van der Waals surface area contributed by atoms with Crippen LogP contribution in [0.3, 0.4) is 0 Å². The summed E-state index contributed by atoms with van der Waals surface area (Å²) < 4.78 is 21.6. The molecule has 1 aliphatic rings. The summed E-state index contributed by atoms with van der Waals surface area (Å²) in [6.45, 7) is 0.0296. The number of carbonyl (C=O) groups excluding carboxylic acids is 1. The van der Waals surface area contributed by atoms with Crippen molar-refractivity contribution >= 4 is 12.0 Å². The van der Waals surface area contributed by atoms with Crippen LogP contribution in [0.4, 0.5) is 0 Å². The molecular formula is C18H15NO7. The Morgan fingerprint density at radius 1 is 1.23 bits per heavy atom. The smallest absolute Gasteiger partial charge is 0.356 e. The third-order valence-electron chi connectivity index (χ3n) is 3.56. The highest BCUT2D eigenvalue weighted by atomic mass is 16.6. The highest BCUT2D eigenvalue weighted by Crippen LogP contribution is 2.33. The number of para-hydroxylation sites is 2. The number of ether oxygens (including phenoxy) is 4. The van der Waals surface area contributed by atoms with E-state index in [-0.39, 0.29) is 18.1 Å². The molecule has 0 aromatic heterocycles. The number of hydrogen-bond donors (Lipinski definition) is 0.